The first kappa shape index (κ1) is 27.5. The summed E-state index contributed by atoms with van der Waals surface area (Å²) in [5.74, 6) is -0.414. The minimum atomic E-state index is -0.818. The molecule has 1 N–H and O–H groups in total. The van der Waals surface area contributed by atoms with Crippen molar-refractivity contribution in [3.05, 3.63) is 143 Å². The summed E-state index contributed by atoms with van der Waals surface area (Å²) >= 11 is 0. The lowest BCUT2D eigenvalue weighted by molar-refractivity contribution is -0.122. The molecule has 1 aliphatic heterocycles. The highest BCUT2D eigenvalue weighted by Gasteiger charge is 2.37. The summed E-state index contributed by atoms with van der Waals surface area (Å²) in [6.45, 7) is 2.72. The van der Waals surface area contributed by atoms with E-state index in [-0.39, 0.29) is 5.57 Å². The van der Waals surface area contributed by atoms with E-state index in [9.17, 15) is 14.4 Å². The maximum atomic E-state index is 13.5. The molecule has 0 radical (unpaired) electrons. The molecule has 5 aromatic rings. The van der Waals surface area contributed by atoms with Crippen LogP contribution >= 0.6 is 0 Å². The average Bonchev–Trinajstić information content (AvgIpc) is 3.03. The molecule has 1 heterocycles. The van der Waals surface area contributed by atoms with Gasteiger partial charge in [0.25, 0.3) is 11.8 Å². The molecule has 0 aromatic heterocycles. The van der Waals surface area contributed by atoms with Crippen LogP contribution in [0.2, 0.25) is 0 Å². The van der Waals surface area contributed by atoms with Crippen molar-refractivity contribution in [1.29, 1.82) is 0 Å². The van der Waals surface area contributed by atoms with Gasteiger partial charge >= 0.3 is 6.03 Å². The number of hydrogen-bond donors (Lipinski definition) is 1. The molecule has 1 fully saturated rings. The number of nitrogens with one attached hydrogen (secondary N) is 1. The Morgan fingerprint density at radius 3 is 2.26 bits per heavy atom. The van der Waals surface area contributed by atoms with Gasteiger partial charge in [0.2, 0.25) is 0 Å². The topological polar surface area (TPSA) is 84.9 Å². The third-order valence-electron chi connectivity index (χ3n) is 7.31. The van der Waals surface area contributed by atoms with Gasteiger partial charge in [-0.2, -0.15) is 0 Å². The fraction of sp³-hybridized carbons (Fsp3) is 0.0833. The van der Waals surface area contributed by atoms with Crippen LogP contribution in [-0.4, -0.2) is 17.8 Å². The zero-order chi connectivity index (χ0) is 29.8. The Morgan fingerprint density at radius 2 is 1.44 bits per heavy atom. The van der Waals surface area contributed by atoms with Gasteiger partial charge in [-0.15, -0.1) is 0 Å². The number of hydrogen-bond acceptors (Lipinski definition) is 5. The second-order valence-electron chi connectivity index (χ2n) is 10.1. The van der Waals surface area contributed by atoms with Gasteiger partial charge in [0.15, 0.2) is 0 Å². The minimum absolute atomic E-state index is 0.179. The predicted octanol–water partition coefficient (Wildman–Crippen LogP) is 6.97. The molecule has 7 nitrogen and oxygen atoms in total. The van der Waals surface area contributed by atoms with Crippen molar-refractivity contribution in [3.8, 4) is 11.5 Å². The lowest BCUT2D eigenvalue weighted by Gasteiger charge is -2.26. The molecule has 212 valence electrons. The van der Waals surface area contributed by atoms with Gasteiger partial charge in [-0.3, -0.25) is 14.9 Å². The van der Waals surface area contributed by atoms with Crippen LogP contribution in [0, 0.1) is 6.92 Å². The van der Waals surface area contributed by atoms with E-state index < -0.39 is 17.8 Å². The molecule has 0 bridgehead atoms. The molecule has 7 heteroatoms. The maximum absolute atomic E-state index is 13.5. The van der Waals surface area contributed by atoms with E-state index in [2.05, 4.69) is 29.6 Å². The van der Waals surface area contributed by atoms with Crippen molar-refractivity contribution in [2.75, 3.05) is 4.90 Å². The number of barbiturate groups is 1. The summed E-state index contributed by atoms with van der Waals surface area (Å²) < 4.78 is 12.1. The van der Waals surface area contributed by atoms with Crippen LogP contribution in [-0.2, 0) is 22.8 Å². The van der Waals surface area contributed by atoms with Crippen molar-refractivity contribution >= 4 is 40.4 Å². The summed E-state index contributed by atoms with van der Waals surface area (Å²) in [6.07, 6.45) is 1.46. The fourth-order valence-corrected chi connectivity index (χ4v) is 5.00. The third-order valence-corrected chi connectivity index (χ3v) is 7.31. The van der Waals surface area contributed by atoms with Crippen LogP contribution in [0.4, 0.5) is 10.5 Å². The standard InChI is InChI=1S/C36H28N2O5/c1-24-15-16-26-11-5-7-13-30(26)32(24)23-43-33-14-8-6-12-27(33)21-31-34(39)37-36(41)38(35(31)40)28-17-19-29(20-18-28)42-22-25-9-3-2-4-10-25/h2-21H,22-23H2,1H3,(H,37,39,41)/b31-21+. The molecule has 1 saturated heterocycles. The van der Waals surface area contributed by atoms with E-state index in [0.717, 1.165) is 32.4 Å². The molecule has 0 saturated carbocycles. The SMILES string of the molecule is Cc1ccc2ccccc2c1COc1ccccc1/C=C1\C(=O)NC(=O)N(c2ccc(OCc3ccccc3)cc2)C1=O. The molecule has 43 heavy (non-hydrogen) atoms. The van der Waals surface area contributed by atoms with Gasteiger partial charge in [0.05, 0.1) is 5.69 Å². The predicted molar refractivity (Wildman–Crippen MR) is 166 cm³/mol. The Bertz CT molecular complexity index is 1860. The number of rotatable bonds is 8. The lowest BCUT2D eigenvalue weighted by atomic mass is 10.0. The summed E-state index contributed by atoms with van der Waals surface area (Å²) in [4.78, 5) is 40.1. The summed E-state index contributed by atoms with van der Waals surface area (Å²) in [5, 5.41) is 4.50. The average molecular weight is 569 g/mol. The highest BCUT2D eigenvalue weighted by molar-refractivity contribution is 6.39. The summed E-state index contributed by atoms with van der Waals surface area (Å²) in [7, 11) is 0. The van der Waals surface area contributed by atoms with E-state index in [4.69, 9.17) is 9.47 Å². The first-order valence-corrected chi connectivity index (χ1v) is 13.9. The van der Waals surface area contributed by atoms with Crippen molar-refractivity contribution < 1.29 is 23.9 Å². The summed E-state index contributed by atoms with van der Waals surface area (Å²) in [5.41, 5.74) is 3.84. The van der Waals surface area contributed by atoms with E-state index in [1.807, 2.05) is 55.5 Å². The van der Waals surface area contributed by atoms with Gasteiger partial charge in [-0.25, -0.2) is 9.69 Å². The van der Waals surface area contributed by atoms with Crippen LogP contribution in [0.15, 0.2) is 121 Å². The number of ether oxygens (including phenoxy) is 2. The van der Waals surface area contributed by atoms with E-state index in [1.165, 1.54) is 6.08 Å². The molecule has 0 atom stereocenters. The highest BCUT2D eigenvalue weighted by Crippen LogP contribution is 2.29. The molecule has 0 aliphatic carbocycles. The number of benzene rings is 5. The number of anilines is 1. The van der Waals surface area contributed by atoms with Crippen molar-refractivity contribution in [1.82, 2.24) is 5.32 Å². The van der Waals surface area contributed by atoms with E-state index in [1.54, 1.807) is 42.5 Å². The quantitative estimate of drug-likeness (QED) is 0.161. The zero-order valence-electron chi connectivity index (χ0n) is 23.4. The first-order chi connectivity index (χ1) is 21.0. The van der Waals surface area contributed by atoms with Crippen LogP contribution in [0.1, 0.15) is 22.3 Å². The van der Waals surface area contributed by atoms with Gasteiger partial charge in [0, 0.05) is 11.1 Å². The molecular formula is C36H28N2O5. The molecule has 4 amide bonds. The van der Waals surface area contributed by atoms with Gasteiger partial charge in [-0.05, 0) is 65.2 Å². The molecule has 6 rings (SSSR count). The van der Waals surface area contributed by atoms with Crippen molar-refractivity contribution in [2.24, 2.45) is 0 Å². The summed E-state index contributed by atoms with van der Waals surface area (Å²) in [6, 6.07) is 34.9. The monoisotopic (exact) mass is 568 g/mol. The fourth-order valence-electron chi connectivity index (χ4n) is 5.00. The first-order valence-electron chi connectivity index (χ1n) is 13.9. The molecule has 0 unspecified atom stereocenters. The van der Waals surface area contributed by atoms with Crippen molar-refractivity contribution in [2.45, 2.75) is 20.1 Å². The van der Waals surface area contributed by atoms with Gasteiger partial charge in [-0.1, -0.05) is 84.9 Å². The lowest BCUT2D eigenvalue weighted by Crippen LogP contribution is -2.54. The molecular weight excluding hydrogens is 540 g/mol. The number of fused-ring (bicyclic) bond motifs is 1. The van der Waals surface area contributed by atoms with Gasteiger partial charge in [0.1, 0.15) is 30.3 Å². The Hall–Kier alpha value is -5.69. The Balaban J connectivity index is 1.23. The maximum Gasteiger partial charge on any atom is 0.335 e. The van der Waals surface area contributed by atoms with E-state index >= 15 is 0 Å². The number of urea groups is 1. The zero-order valence-corrected chi connectivity index (χ0v) is 23.4. The van der Waals surface area contributed by atoms with Crippen LogP contribution < -0.4 is 19.7 Å². The van der Waals surface area contributed by atoms with Crippen molar-refractivity contribution in [3.63, 3.8) is 0 Å². The number of nitrogens with zero attached hydrogens (tertiary/aromatic N) is 1. The normalized spacial score (nSPS) is 14.2. The highest BCUT2D eigenvalue weighted by atomic mass is 16.5. The smallest absolute Gasteiger partial charge is 0.335 e. The van der Waals surface area contributed by atoms with Crippen LogP contribution in [0.5, 0.6) is 11.5 Å². The second kappa shape index (κ2) is 12.0. The number of carbonyl (C=O) groups is 3. The number of aryl methyl sites for hydroxylation is 1. The Kier molecular flexibility index (Phi) is 7.70. The van der Waals surface area contributed by atoms with Crippen LogP contribution in [0.3, 0.4) is 0 Å². The Labute approximate surface area is 249 Å². The number of para-hydroxylation sites is 1. The minimum Gasteiger partial charge on any atom is -0.489 e. The number of amides is 4. The van der Waals surface area contributed by atoms with E-state index in [0.29, 0.717) is 36.0 Å². The van der Waals surface area contributed by atoms with Gasteiger partial charge < -0.3 is 9.47 Å². The molecule has 0 spiro atoms. The number of imide groups is 2. The Morgan fingerprint density at radius 1 is 0.721 bits per heavy atom. The molecule has 5 aromatic carbocycles. The second-order valence-corrected chi connectivity index (χ2v) is 10.1. The van der Waals surface area contributed by atoms with Crippen LogP contribution in [0.25, 0.3) is 16.8 Å². The number of carbonyl (C=O) groups excluding carboxylic acids is 3. The molecule has 1 aliphatic rings. The largest absolute Gasteiger partial charge is 0.489 e. The third kappa shape index (κ3) is 5.87.